The number of aliphatic hydroxyl groups is 1. The summed E-state index contributed by atoms with van der Waals surface area (Å²) >= 11 is 0. The summed E-state index contributed by atoms with van der Waals surface area (Å²) in [6, 6.07) is 4.41. The largest absolute Gasteiger partial charge is 0.478 e. The zero-order valence-electron chi connectivity index (χ0n) is 12.3. The summed E-state index contributed by atoms with van der Waals surface area (Å²) in [5.41, 5.74) is 0.403. The van der Waals surface area contributed by atoms with Gasteiger partial charge < -0.3 is 15.1 Å². The van der Waals surface area contributed by atoms with Gasteiger partial charge in [-0.25, -0.2) is 9.18 Å². The number of likely N-dealkylation sites (tertiary alicyclic amines) is 1. The Bertz CT molecular complexity index is 522. The van der Waals surface area contributed by atoms with E-state index in [0.717, 1.165) is 12.1 Å². The fraction of sp³-hybridized carbons (Fsp3) is 0.533. The fourth-order valence-electron chi connectivity index (χ4n) is 2.83. The number of hydrogen-bond donors (Lipinski definition) is 2. The van der Waals surface area contributed by atoms with Crippen LogP contribution in [-0.2, 0) is 6.54 Å². The summed E-state index contributed by atoms with van der Waals surface area (Å²) in [6.07, 6.45) is 0.339. The van der Waals surface area contributed by atoms with Crippen molar-refractivity contribution in [2.24, 2.45) is 0 Å². The number of β-amino-alcohol motifs (C(OH)–C–C–N with tert-alkyl or cyclic N) is 1. The maximum absolute atomic E-state index is 13.7. The lowest BCUT2D eigenvalue weighted by atomic mass is 10.1. The Balaban J connectivity index is 2.09. The van der Waals surface area contributed by atoms with Crippen LogP contribution >= 0.6 is 0 Å². The molecule has 21 heavy (non-hydrogen) atoms. The SMILES string of the molecule is CN(C)CC1CC(O)CN1Cc1ccc(C(=O)O)c(F)c1. The predicted molar refractivity (Wildman–Crippen MR) is 76.7 cm³/mol. The van der Waals surface area contributed by atoms with E-state index in [2.05, 4.69) is 9.80 Å². The lowest BCUT2D eigenvalue weighted by Crippen LogP contribution is -2.37. The average Bonchev–Trinajstić information content (AvgIpc) is 2.68. The number of aliphatic hydroxyl groups excluding tert-OH is 1. The van der Waals surface area contributed by atoms with Crippen LogP contribution in [0.25, 0.3) is 0 Å². The van der Waals surface area contributed by atoms with Crippen molar-refractivity contribution in [3.63, 3.8) is 0 Å². The Morgan fingerprint density at radius 2 is 2.19 bits per heavy atom. The van der Waals surface area contributed by atoms with Crippen LogP contribution in [0.4, 0.5) is 4.39 Å². The Kier molecular flexibility index (Phi) is 4.92. The molecule has 6 heteroatoms. The molecule has 0 saturated carbocycles. The van der Waals surface area contributed by atoms with Crippen LogP contribution in [0.5, 0.6) is 0 Å². The summed E-state index contributed by atoms with van der Waals surface area (Å²) in [5.74, 6) is -1.98. The molecule has 2 rings (SSSR count). The lowest BCUT2D eigenvalue weighted by molar-refractivity contribution is 0.0692. The first-order valence-electron chi connectivity index (χ1n) is 6.95. The molecule has 1 aromatic carbocycles. The van der Waals surface area contributed by atoms with Crippen molar-refractivity contribution in [1.29, 1.82) is 0 Å². The van der Waals surface area contributed by atoms with E-state index in [1.54, 1.807) is 6.07 Å². The molecule has 1 saturated heterocycles. The highest BCUT2D eigenvalue weighted by Gasteiger charge is 2.31. The molecule has 2 atom stereocenters. The van der Waals surface area contributed by atoms with Crippen molar-refractivity contribution in [2.75, 3.05) is 27.2 Å². The van der Waals surface area contributed by atoms with E-state index in [-0.39, 0.29) is 17.7 Å². The van der Waals surface area contributed by atoms with E-state index >= 15 is 0 Å². The number of rotatable bonds is 5. The molecule has 116 valence electrons. The second-order valence-electron chi connectivity index (χ2n) is 5.85. The van der Waals surface area contributed by atoms with Crippen LogP contribution in [0.15, 0.2) is 18.2 Å². The van der Waals surface area contributed by atoms with E-state index in [9.17, 15) is 14.3 Å². The van der Waals surface area contributed by atoms with Gasteiger partial charge in [0.25, 0.3) is 0 Å². The molecule has 0 amide bonds. The van der Waals surface area contributed by atoms with Crippen molar-refractivity contribution < 1.29 is 19.4 Å². The first-order valence-corrected chi connectivity index (χ1v) is 6.95. The van der Waals surface area contributed by atoms with Gasteiger partial charge >= 0.3 is 5.97 Å². The van der Waals surface area contributed by atoms with Crippen LogP contribution in [0.3, 0.4) is 0 Å². The summed E-state index contributed by atoms with van der Waals surface area (Å²) in [7, 11) is 3.95. The molecule has 2 N–H and O–H groups in total. The van der Waals surface area contributed by atoms with Crippen molar-refractivity contribution >= 4 is 5.97 Å². The van der Waals surface area contributed by atoms with Gasteiger partial charge in [-0.05, 0) is 38.2 Å². The summed E-state index contributed by atoms with van der Waals surface area (Å²) in [4.78, 5) is 15.0. The lowest BCUT2D eigenvalue weighted by Gasteiger charge is -2.26. The normalized spacial score (nSPS) is 22.9. The Hall–Kier alpha value is -1.50. The molecule has 0 aromatic heterocycles. The molecule has 0 aliphatic carbocycles. The van der Waals surface area contributed by atoms with E-state index < -0.39 is 11.8 Å². The molecule has 1 heterocycles. The molecule has 0 bridgehead atoms. The van der Waals surface area contributed by atoms with Crippen LogP contribution in [0.2, 0.25) is 0 Å². The average molecular weight is 296 g/mol. The maximum Gasteiger partial charge on any atom is 0.338 e. The summed E-state index contributed by atoms with van der Waals surface area (Å²) in [5, 5.41) is 18.6. The highest BCUT2D eigenvalue weighted by atomic mass is 19.1. The number of carboxylic acid groups (broad SMARTS) is 1. The number of hydrogen-bond acceptors (Lipinski definition) is 4. The van der Waals surface area contributed by atoms with Crippen molar-refractivity contribution in [3.05, 3.63) is 35.1 Å². The molecule has 0 radical (unpaired) electrons. The number of carboxylic acids is 1. The minimum absolute atomic E-state index is 0.220. The van der Waals surface area contributed by atoms with Gasteiger partial charge in [0.15, 0.2) is 0 Å². The van der Waals surface area contributed by atoms with Gasteiger partial charge in [-0.3, -0.25) is 4.90 Å². The molecule has 2 unspecified atom stereocenters. The van der Waals surface area contributed by atoms with Gasteiger partial charge in [0, 0.05) is 25.7 Å². The molecule has 1 fully saturated rings. The Labute approximate surface area is 123 Å². The molecule has 1 aromatic rings. The van der Waals surface area contributed by atoms with Crippen LogP contribution in [-0.4, -0.2) is 65.3 Å². The number of halogens is 1. The minimum atomic E-state index is -1.26. The van der Waals surface area contributed by atoms with Crippen molar-refractivity contribution in [1.82, 2.24) is 9.80 Å². The van der Waals surface area contributed by atoms with Gasteiger partial charge in [0.05, 0.1) is 11.7 Å². The monoisotopic (exact) mass is 296 g/mol. The zero-order valence-corrected chi connectivity index (χ0v) is 12.3. The van der Waals surface area contributed by atoms with Crippen LogP contribution < -0.4 is 0 Å². The third-order valence-electron chi connectivity index (χ3n) is 3.73. The summed E-state index contributed by atoms with van der Waals surface area (Å²) < 4.78 is 13.7. The van der Waals surface area contributed by atoms with E-state index in [1.807, 2.05) is 14.1 Å². The molecule has 1 aliphatic rings. The standard InChI is InChI=1S/C15H21FN2O3/c1-17(2)8-11-6-12(19)9-18(11)7-10-3-4-13(15(20)21)14(16)5-10/h3-5,11-12,19H,6-9H2,1-2H3,(H,20,21). The third kappa shape index (κ3) is 4.00. The zero-order chi connectivity index (χ0) is 15.6. The van der Waals surface area contributed by atoms with E-state index in [0.29, 0.717) is 19.5 Å². The molecular formula is C15H21FN2O3. The number of benzene rings is 1. The number of carbonyl (C=O) groups is 1. The topological polar surface area (TPSA) is 64.0 Å². The maximum atomic E-state index is 13.7. The second-order valence-corrected chi connectivity index (χ2v) is 5.85. The highest BCUT2D eigenvalue weighted by molar-refractivity contribution is 5.87. The van der Waals surface area contributed by atoms with Crippen molar-refractivity contribution in [3.8, 4) is 0 Å². The third-order valence-corrected chi connectivity index (χ3v) is 3.73. The van der Waals surface area contributed by atoms with Crippen LogP contribution in [0, 0.1) is 5.82 Å². The van der Waals surface area contributed by atoms with Gasteiger partial charge in [-0.1, -0.05) is 6.07 Å². The van der Waals surface area contributed by atoms with Crippen LogP contribution in [0.1, 0.15) is 22.3 Å². The quantitative estimate of drug-likeness (QED) is 0.849. The van der Waals surface area contributed by atoms with E-state index in [4.69, 9.17) is 5.11 Å². The highest BCUT2D eigenvalue weighted by Crippen LogP contribution is 2.22. The first kappa shape index (κ1) is 15.9. The molecule has 5 nitrogen and oxygen atoms in total. The van der Waals surface area contributed by atoms with Gasteiger partial charge in [-0.15, -0.1) is 0 Å². The Morgan fingerprint density at radius 1 is 1.48 bits per heavy atom. The molecule has 0 spiro atoms. The number of aromatic carboxylic acids is 1. The number of likely N-dealkylation sites (N-methyl/N-ethyl adjacent to an activating group) is 1. The van der Waals surface area contributed by atoms with Gasteiger partial charge in [-0.2, -0.15) is 0 Å². The minimum Gasteiger partial charge on any atom is -0.478 e. The molecular weight excluding hydrogens is 275 g/mol. The van der Waals surface area contributed by atoms with E-state index in [1.165, 1.54) is 12.1 Å². The van der Waals surface area contributed by atoms with Gasteiger partial charge in [0.2, 0.25) is 0 Å². The predicted octanol–water partition coefficient (Wildman–Crippen LogP) is 1.02. The van der Waals surface area contributed by atoms with Crippen molar-refractivity contribution in [2.45, 2.75) is 25.1 Å². The first-order chi connectivity index (χ1) is 9.86. The molecule has 1 aliphatic heterocycles. The Morgan fingerprint density at radius 3 is 2.76 bits per heavy atom. The summed E-state index contributed by atoms with van der Waals surface area (Å²) in [6.45, 7) is 1.89. The smallest absolute Gasteiger partial charge is 0.338 e. The second kappa shape index (κ2) is 6.51. The number of nitrogens with zero attached hydrogens (tertiary/aromatic N) is 2. The fourth-order valence-corrected chi connectivity index (χ4v) is 2.83. The van der Waals surface area contributed by atoms with Gasteiger partial charge in [0.1, 0.15) is 5.82 Å².